The number of carbonyl (C=O) groups excluding carboxylic acids is 2. The highest BCUT2D eigenvalue weighted by molar-refractivity contribution is 7.89. The van der Waals surface area contributed by atoms with Gasteiger partial charge in [0.1, 0.15) is 0 Å². The summed E-state index contributed by atoms with van der Waals surface area (Å²) in [4.78, 5) is 24.3. The number of carbonyl (C=O) groups is 2. The van der Waals surface area contributed by atoms with Crippen LogP contribution in [0.2, 0.25) is 0 Å². The van der Waals surface area contributed by atoms with Gasteiger partial charge in [-0.05, 0) is 36.5 Å². The second-order valence-corrected chi connectivity index (χ2v) is 9.48. The van der Waals surface area contributed by atoms with Crippen molar-refractivity contribution in [3.05, 3.63) is 29.8 Å². The summed E-state index contributed by atoms with van der Waals surface area (Å²) in [5, 5.41) is 2.94. The van der Waals surface area contributed by atoms with Gasteiger partial charge in [0, 0.05) is 20.1 Å². The zero-order valence-corrected chi connectivity index (χ0v) is 17.1. The fraction of sp³-hybridized carbons (Fsp3) is 0.579. The summed E-state index contributed by atoms with van der Waals surface area (Å²) in [7, 11) is -0.820. The van der Waals surface area contributed by atoms with Crippen molar-refractivity contribution in [2.75, 3.05) is 20.7 Å². The monoisotopic (exact) mass is 396 g/mol. The number of hydrogen-bond acceptors (Lipinski definition) is 5. The number of rotatable bonds is 6. The molecule has 1 N–H and O–H groups in total. The quantitative estimate of drug-likeness (QED) is 0.743. The highest BCUT2D eigenvalue weighted by Crippen LogP contribution is 2.29. The van der Waals surface area contributed by atoms with Crippen LogP contribution in [0.25, 0.3) is 0 Å². The van der Waals surface area contributed by atoms with Crippen LogP contribution >= 0.6 is 0 Å². The molecule has 2 rings (SSSR count). The van der Waals surface area contributed by atoms with Crippen molar-refractivity contribution in [3.8, 4) is 0 Å². The van der Waals surface area contributed by atoms with Gasteiger partial charge in [-0.15, -0.1) is 0 Å². The average molecular weight is 397 g/mol. The second-order valence-electron chi connectivity index (χ2n) is 7.33. The fourth-order valence-electron chi connectivity index (χ4n) is 3.24. The van der Waals surface area contributed by atoms with Gasteiger partial charge < -0.3 is 10.1 Å². The smallest absolute Gasteiger partial charge is 0.338 e. The maximum absolute atomic E-state index is 12.2. The van der Waals surface area contributed by atoms with Gasteiger partial charge in [-0.1, -0.05) is 32.8 Å². The van der Waals surface area contributed by atoms with Gasteiger partial charge in [-0.25, -0.2) is 17.5 Å². The van der Waals surface area contributed by atoms with E-state index < -0.39 is 16.0 Å². The molecule has 3 atom stereocenters. The molecule has 1 aliphatic carbocycles. The molecule has 1 aliphatic rings. The van der Waals surface area contributed by atoms with Crippen LogP contribution in [-0.2, 0) is 19.6 Å². The summed E-state index contributed by atoms with van der Waals surface area (Å²) in [5.74, 6) is -0.142. The number of nitrogens with zero attached hydrogens (tertiary/aromatic N) is 1. The Bertz CT molecular complexity index is 791. The van der Waals surface area contributed by atoms with E-state index in [1.165, 1.54) is 38.4 Å². The van der Waals surface area contributed by atoms with Crippen LogP contribution in [-0.4, -0.2) is 51.3 Å². The largest absolute Gasteiger partial charge is 0.452 e. The molecular formula is C19H28N2O5S. The Hall–Kier alpha value is -1.93. The molecule has 1 fully saturated rings. The lowest BCUT2D eigenvalue weighted by atomic mass is 9.78. The minimum Gasteiger partial charge on any atom is -0.452 e. The molecule has 27 heavy (non-hydrogen) atoms. The van der Waals surface area contributed by atoms with E-state index in [0.29, 0.717) is 11.8 Å². The van der Waals surface area contributed by atoms with Gasteiger partial charge >= 0.3 is 5.97 Å². The molecule has 1 saturated carbocycles. The van der Waals surface area contributed by atoms with E-state index in [9.17, 15) is 18.0 Å². The standard InChI is InChI=1S/C19H28N2O5S/c1-13-7-5-10-17(14(13)2)20-18(22)12-26-19(23)15-8-6-9-16(11-15)27(24,25)21(3)4/h6,8-9,11,13-14,17H,5,7,10,12H2,1-4H3,(H,20,22)/t13-,14+,17+/m0/s1. The van der Waals surface area contributed by atoms with Gasteiger partial charge in [0.15, 0.2) is 6.61 Å². The molecule has 150 valence electrons. The Balaban J connectivity index is 1.95. The van der Waals surface area contributed by atoms with Crippen molar-refractivity contribution < 1.29 is 22.7 Å². The van der Waals surface area contributed by atoms with Crippen LogP contribution in [0.5, 0.6) is 0 Å². The number of ether oxygens (including phenoxy) is 1. The van der Waals surface area contributed by atoms with E-state index in [4.69, 9.17) is 4.74 Å². The number of esters is 1. The summed E-state index contributed by atoms with van der Waals surface area (Å²) in [6.07, 6.45) is 3.16. The first-order valence-corrected chi connectivity index (χ1v) is 10.6. The van der Waals surface area contributed by atoms with Crippen molar-refractivity contribution in [2.45, 2.75) is 44.0 Å². The molecule has 0 heterocycles. The molecule has 1 aromatic carbocycles. The Morgan fingerprint density at radius 1 is 1.22 bits per heavy atom. The van der Waals surface area contributed by atoms with Crippen LogP contribution in [0.3, 0.4) is 0 Å². The predicted octanol–water partition coefficient (Wildman–Crippen LogP) is 2.03. The van der Waals surface area contributed by atoms with Crippen molar-refractivity contribution >= 4 is 21.9 Å². The van der Waals surface area contributed by atoms with E-state index in [1.807, 2.05) is 0 Å². The van der Waals surface area contributed by atoms with Crippen LogP contribution in [0, 0.1) is 11.8 Å². The maximum atomic E-state index is 12.2. The first-order chi connectivity index (χ1) is 12.6. The third-order valence-electron chi connectivity index (χ3n) is 5.24. The number of hydrogen-bond donors (Lipinski definition) is 1. The Morgan fingerprint density at radius 3 is 2.59 bits per heavy atom. The van der Waals surface area contributed by atoms with E-state index >= 15 is 0 Å². The summed E-state index contributed by atoms with van der Waals surface area (Å²) in [6, 6.07) is 5.68. The summed E-state index contributed by atoms with van der Waals surface area (Å²) in [5.41, 5.74) is 0.0883. The molecule has 0 radical (unpaired) electrons. The molecule has 0 saturated heterocycles. The van der Waals surface area contributed by atoms with Crippen LogP contribution in [0.15, 0.2) is 29.2 Å². The molecule has 1 amide bonds. The molecule has 0 bridgehead atoms. The molecule has 1 aromatic rings. The summed E-state index contributed by atoms with van der Waals surface area (Å²) >= 11 is 0. The Kier molecular flexibility index (Phi) is 7.00. The van der Waals surface area contributed by atoms with Crippen LogP contribution in [0.1, 0.15) is 43.5 Å². The summed E-state index contributed by atoms with van der Waals surface area (Å²) in [6.45, 7) is 3.91. The van der Waals surface area contributed by atoms with E-state index in [1.54, 1.807) is 0 Å². The zero-order chi connectivity index (χ0) is 20.2. The van der Waals surface area contributed by atoms with E-state index in [2.05, 4.69) is 19.2 Å². The zero-order valence-electron chi connectivity index (χ0n) is 16.3. The first-order valence-electron chi connectivity index (χ1n) is 9.12. The normalized spacial score (nSPS) is 23.1. The number of benzene rings is 1. The molecule has 0 spiro atoms. The second kappa shape index (κ2) is 8.84. The Labute approximate surface area is 161 Å². The van der Waals surface area contributed by atoms with Crippen LogP contribution < -0.4 is 5.32 Å². The predicted molar refractivity (Wildman–Crippen MR) is 102 cm³/mol. The third kappa shape index (κ3) is 5.29. The lowest BCUT2D eigenvalue weighted by Gasteiger charge is -2.34. The van der Waals surface area contributed by atoms with Gasteiger partial charge in [0.05, 0.1) is 10.5 Å². The molecule has 0 aromatic heterocycles. The SMILES string of the molecule is C[C@@H]1[C@@H](C)CCC[C@H]1NC(=O)COC(=O)c1cccc(S(=O)(=O)N(C)C)c1. The number of sulfonamides is 1. The van der Waals surface area contributed by atoms with Crippen molar-refractivity contribution in [3.63, 3.8) is 0 Å². The average Bonchev–Trinajstić information content (AvgIpc) is 2.63. The third-order valence-corrected chi connectivity index (χ3v) is 7.05. The number of amides is 1. The lowest BCUT2D eigenvalue weighted by molar-refractivity contribution is -0.125. The molecule has 0 unspecified atom stereocenters. The van der Waals surface area contributed by atoms with E-state index in [-0.39, 0.29) is 29.0 Å². The van der Waals surface area contributed by atoms with E-state index in [0.717, 1.165) is 23.6 Å². The highest BCUT2D eigenvalue weighted by Gasteiger charge is 2.28. The van der Waals surface area contributed by atoms with Gasteiger partial charge in [-0.2, -0.15) is 0 Å². The number of nitrogens with one attached hydrogen (secondary N) is 1. The molecule has 7 nitrogen and oxygen atoms in total. The molecule has 8 heteroatoms. The molecular weight excluding hydrogens is 368 g/mol. The lowest BCUT2D eigenvalue weighted by Crippen LogP contribution is -2.45. The van der Waals surface area contributed by atoms with Gasteiger partial charge in [0.2, 0.25) is 10.0 Å². The van der Waals surface area contributed by atoms with Crippen LogP contribution in [0.4, 0.5) is 0 Å². The highest BCUT2D eigenvalue weighted by atomic mass is 32.2. The Morgan fingerprint density at radius 2 is 1.93 bits per heavy atom. The minimum atomic E-state index is -3.65. The molecule has 0 aliphatic heterocycles. The van der Waals surface area contributed by atoms with Gasteiger partial charge in [0.25, 0.3) is 5.91 Å². The maximum Gasteiger partial charge on any atom is 0.338 e. The minimum absolute atomic E-state index is 0.00332. The topological polar surface area (TPSA) is 92.8 Å². The van der Waals surface area contributed by atoms with Crippen molar-refractivity contribution in [2.24, 2.45) is 11.8 Å². The summed E-state index contributed by atoms with van der Waals surface area (Å²) < 4.78 is 30.5. The van der Waals surface area contributed by atoms with Gasteiger partial charge in [-0.3, -0.25) is 4.79 Å². The van der Waals surface area contributed by atoms with Crippen molar-refractivity contribution in [1.82, 2.24) is 9.62 Å². The fourth-order valence-corrected chi connectivity index (χ4v) is 4.19. The first kappa shape index (κ1) is 21.4. The van der Waals surface area contributed by atoms with Crippen molar-refractivity contribution in [1.29, 1.82) is 0 Å².